The Hall–Kier alpha value is -0.710. The van der Waals surface area contributed by atoms with Crippen molar-refractivity contribution in [2.75, 3.05) is 0 Å². The molecule has 14 heavy (non-hydrogen) atoms. The molecule has 0 bridgehead atoms. The largest absolute Gasteiger partial charge is 0.326 e. The lowest BCUT2D eigenvalue weighted by molar-refractivity contribution is 0.492. The summed E-state index contributed by atoms with van der Waals surface area (Å²) in [5.41, 5.74) is 10.8. The molecule has 0 amide bonds. The molecule has 1 rings (SSSR count). The predicted octanol–water partition coefficient (Wildman–Crippen LogP) is 1.97. The molecule has 0 aliphatic heterocycles. The third-order valence-electron chi connectivity index (χ3n) is 1.94. The van der Waals surface area contributed by atoms with Gasteiger partial charge in [-0.1, -0.05) is 11.6 Å². The van der Waals surface area contributed by atoms with Crippen LogP contribution in [0.2, 0.25) is 5.02 Å². The highest BCUT2D eigenvalue weighted by Crippen LogP contribution is 2.24. The van der Waals surface area contributed by atoms with E-state index in [1.165, 1.54) is 0 Å². The molecule has 5 heteroatoms. The van der Waals surface area contributed by atoms with Gasteiger partial charge in [0.2, 0.25) is 0 Å². The van der Waals surface area contributed by atoms with E-state index in [1.807, 2.05) is 0 Å². The van der Waals surface area contributed by atoms with E-state index >= 15 is 0 Å². The van der Waals surface area contributed by atoms with Gasteiger partial charge in [0, 0.05) is 16.6 Å². The van der Waals surface area contributed by atoms with Gasteiger partial charge in [0.05, 0.1) is 6.04 Å². The number of nitrogens with two attached hydrogens (primary N) is 2. The molecule has 2 nitrogen and oxygen atoms in total. The molecule has 0 spiro atoms. The second kappa shape index (κ2) is 4.21. The van der Waals surface area contributed by atoms with Crippen LogP contribution in [0.5, 0.6) is 0 Å². The second-order valence-corrected chi connectivity index (χ2v) is 3.60. The smallest absolute Gasteiger partial charge is 0.132 e. The fraction of sp³-hybridized carbons (Fsp3) is 0.333. The molecule has 0 heterocycles. The Morgan fingerprint density at radius 2 is 1.64 bits per heavy atom. The lowest BCUT2D eigenvalue weighted by Gasteiger charge is -2.17. The van der Waals surface area contributed by atoms with E-state index in [-0.39, 0.29) is 10.6 Å². The Bertz CT molecular complexity index is 319. The molecule has 0 aliphatic carbocycles. The highest BCUT2D eigenvalue weighted by Gasteiger charge is 2.20. The molecule has 0 saturated heterocycles. The van der Waals surface area contributed by atoms with Gasteiger partial charge in [-0.3, -0.25) is 0 Å². The minimum absolute atomic E-state index is 0.000578. The summed E-state index contributed by atoms with van der Waals surface area (Å²) in [6.07, 6.45) is 0. The van der Waals surface area contributed by atoms with Crippen LogP contribution in [0.1, 0.15) is 18.5 Å². The Kier molecular flexibility index (Phi) is 3.42. The molecule has 0 radical (unpaired) electrons. The summed E-state index contributed by atoms with van der Waals surface area (Å²) in [6.45, 7) is 1.58. The van der Waals surface area contributed by atoms with Crippen molar-refractivity contribution in [3.8, 4) is 0 Å². The number of hydrogen-bond donors (Lipinski definition) is 2. The molecule has 1 aromatic carbocycles. The van der Waals surface area contributed by atoms with Crippen molar-refractivity contribution in [1.29, 1.82) is 0 Å². The van der Waals surface area contributed by atoms with Gasteiger partial charge in [-0.25, -0.2) is 8.78 Å². The summed E-state index contributed by atoms with van der Waals surface area (Å²) in [7, 11) is 0. The van der Waals surface area contributed by atoms with Crippen LogP contribution in [0.25, 0.3) is 0 Å². The molecule has 0 unspecified atom stereocenters. The van der Waals surface area contributed by atoms with E-state index in [0.717, 1.165) is 12.1 Å². The lowest BCUT2D eigenvalue weighted by atomic mass is 10.0. The zero-order valence-corrected chi connectivity index (χ0v) is 8.35. The zero-order valence-electron chi connectivity index (χ0n) is 7.60. The summed E-state index contributed by atoms with van der Waals surface area (Å²) in [6, 6.07) is 0.636. The molecule has 0 fully saturated rings. The third kappa shape index (κ3) is 2.20. The summed E-state index contributed by atoms with van der Waals surface area (Å²) < 4.78 is 26.5. The first-order chi connectivity index (χ1) is 6.43. The van der Waals surface area contributed by atoms with Crippen LogP contribution in [-0.4, -0.2) is 6.04 Å². The molecule has 0 aliphatic rings. The topological polar surface area (TPSA) is 52.0 Å². The maximum absolute atomic E-state index is 13.3. The minimum Gasteiger partial charge on any atom is -0.326 e. The van der Waals surface area contributed by atoms with Gasteiger partial charge < -0.3 is 11.5 Å². The molecule has 4 N–H and O–H groups in total. The monoisotopic (exact) mass is 220 g/mol. The number of rotatable bonds is 2. The van der Waals surface area contributed by atoms with Gasteiger partial charge >= 0.3 is 0 Å². The third-order valence-corrected chi connectivity index (χ3v) is 2.16. The number of benzene rings is 1. The van der Waals surface area contributed by atoms with Crippen molar-refractivity contribution in [1.82, 2.24) is 0 Å². The SMILES string of the molecule is C[C@H](N)[C@@H](N)c1c(F)cc(Cl)cc1F. The molecule has 0 aromatic heterocycles. The first-order valence-corrected chi connectivity index (χ1v) is 4.47. The first-order valence-electron chi connectivity index (χ1n) is 4.09. The van der Waals surface area contributed by atoms with Gasteiger partial charge in [-0.05, 0) is 19.1 Å². The molecular weight excluding hydrogens is 210 g/mol. The molecule has 1 aromatic rings. The van der Waals surface area contributed by atoms with Crippen molar-refractivity contribution < 1.29 is 8.78 Å². The predicted molar refractivity (Wildman–Crippen MR) is 51.9 cm³/mol. The maximum Gasteiger partial charge on any atom is 0.132 e. The average molecular weight is 221 g/mol. The van der Waals surface area contributed by atoms with Gasteiger partial charge in [0.25, 0.3) is 0 Å². The van der Waals surface area contributed by atoms with Crippen molar-refractivity contribution in [3.63, 3.8) is 0 Å². The molecular formula is C9H11ClF2N2. The van der Waals surface area contributed by atoms with Gasteiger partial charge in [0.1, 0.15) is 11.6 Å². The van der Waals surface area contributed by atoms with E-state index in [2.05, 4.69) is 0 Å². The molecule has 2 atom stereocenters. The van der Waals surface area contributed by atoms with Crippen LogP contribution in [0.4, 0.5) is 8.78 Å². The van der Waals surface area contributed by atoms with E-state index in [1.54, 1.807) is 6.92 Å². The quantitative estimate of drug-likeness (QED) is 0.801. The highest BCUT2D eigenvalue weighted by molar-refractivity contribution is 6.30. The summed E-state index contributed by atoms with van der Waals surface area (Å²) in [4.78, 5) is 0. The van der Waals surface area contributed by atoms with Gasteiger partial charge in [0.15, 0.2) is 0 Å². The standard InChI is InChI=1S/C9H11ClF2N2/c1-4(13)9(14)8-6(11)2-5(10)3-7(8)12/h2-4,9H,13-14H2,1H3/t4-,9+/m0/s1. The van der Waals surface area contributed by atoms with E-state index in [0.29, 0.717) is 0 Å². The lowest BCUT2D eigenvalue weighted by Crippen LogP contribution is -2.32. The van der Waals surface area contributed by atoms with Gasteiger partial charge in [-0.2, -0.15) is 0 Å². The van der Waals surface area contributed by atoms with Crippen LogP contribution in [0.3, 0.4) is 0 Å². The van der Waals surface area contributed by atoms with Crippen LogP contribution in [0.15, 0.2) is 12.1 Å². The van der Waals surface area contributed by atoms with Crippen molar-refractivity contribution in [2.24, 2.45) is 11.5 Å². The van der Waals surface area contributed by atoms with Crippen molar-refractivity contribution in [2.45, 2.75) is 19.0 Å². The Labute approximate surface area is 85.8 Å². The number of halogens is 3. The number of hydrogen-bond acceptors (Lipinski definition) is 2. The summed E-state index contributed by atoms with van der Waals surface area (Å²) in [5.74, 6) is -1.53. The Morgan fingerprint density at radius 1 is 1.21 bits per heavy atom. The Balaban J connectivity index is 3.20. The van der Waals surface area contributed by atoms with Crippen LogP contribution < -0.4 is 11.5 Å². The fourth-order valence-electron chi connectivity index (χ4n) is 1.13. The minimum atomic E-state index is -0.868. The fourth-order valence-corrected chi connectivity index (χ4v) is 1.33. The molecule has 78 valence electrons. The maximum atomic E-state index is 13.3. The highest BCUT2D eigenvalue weighted by atomic mass is 35.5. The normalized spacial score (nSPS) is 15.3. The zero-order chi connectivity index (χ0) is 10.9. The van der Waals surface area contributed by atoms with Gasteiger partial charge in [-0.15, -0.1) is 0 Å². The van der Waals surface area contributed by atoms with E-state index < -0.39 is 23.7 Å². The van der Waals surface area contributed by atoms with Crippen LogP contribution in [-0.2, 0) is 0 Å². The Morgan fingerprint density at radius 3 is 2.00 bits per heavy atom. The van der Waals surface area contributed by atoms with E-state index in [9.17, 15) is 8.78 Å². The summed E-state index contributed by atoms with van der Waals surface area (Å²) in [5, 5.41) is 0.000578. The van der Waals surface area contributed by atoms with E-state index in [4.69, 9.17) is 23.1 Å². The molecule has 0 saturated carbocycles. The van der Waals surface area contributed by atoms with Crippen molar-refractivity contribution >= 4 is 11.6 Å². The second-order valence-electron chi connectivity index (χ2n) is 3.17. The van der Waals surface area contributed by atoms with Crippen LogP contribution >= 0.6 is 11.6 Å². The van der Waals surface area contributed by atoms with Crippen molar-refractivity contribution in [3.05, 3.63) is 34.4 Å². The first kappa shape index (κ1) is 11.4. The summed E-state index contributed by atoms with van der Waals surface area (Å²) >= 11 is 5.45. The van der Waals surface area contributed by atoms with Crippen LogP contribution in [0, 0.1) is 11.6 Å². The average Bonchev–Trinajstić information content (AvgIpc) is 2.01.